The van der Waals surface area contributed by atoms with Crippen molar-refractivity contribution in [2.75, 3.05) is 17.2 Å². The summed E-state index contributed by atoms with van der Waals surface area (Å²) in [5, 5.41) is 0. The van der Waals surface area contributed by atoms with Gasteiger partial charge in [-0.25, -0.2) is 9.97 Å². The maximum absolute atomic E-state index is 6.02. The smallest absolute Gasteiger partial charge is 0.136 e. The average Bonchev–Trinajstić information content (AvgIpc) is 3.30. The van der Waals surface area contributed by atoms with Crippen LogP contribution >= 0.6 is 0 Å². The van der Waals surface area contributed by atoms with Crippen LogP contribution in [0.3, 0.4) is 0 Å². The Kier molecular flexibility index (Phi) is 3.04. The third kappa shape index (κ3) is 2.25. The van der Waals surface area contributed by atoms with Crippen LogP contribution in [0.1, 0.15) is 63.1 Å². The Hall–Kier alpha value is -1.32. The van der Waals surface area contributed by atoms with E-state index in [1.807, 2.05) is 6.07 Å². The number of nitrogens with zero attached hydrogens (tertiary/aromatic N) is 3. The van der Waals surface area contributed by atoms with Crippen LogP contribution in [0.2, 0.25) is 0 Å². The molecule has 4 nitrogen and oxygen atoms in total. The molecule has 20 heavy (non-hydrogen) atoms. The van der Waals surface area contributed by atoms with Crippen LogP contribution < -0.4 is 10.6 Å². The van der Waals surface area contributed by atoms with Gasteiger partial charge in [0.1, 0.15) is 17.5 Å². The lowest BCUT2D eigenvalue weighted by atomic mass is 9.78. The lowest BCUT2D eigenvalue weighted by Crippen LogP contribution is -2.47. The van der Waals surface area contributed by atoms with Crippen molar-refractivity contribution in [2.45, 2.75) is 63.3 Å². The molecule has 2 aliphatic carbocycles. The maximum Gasteiger partial charge on any atom is 0.136 e. The average molecular weight is 272 g/mol. The first kappa shape index (κ1) is 12.4. The van der Waals surface area contributed by atoms with Crippen molar-refractivity contribution < 1.29 is 0 Å². The quantitative estimate of drug-likeness (QED) is 0.899. The minimum absolute atomic E-state index is 0.573. The van der Waals surface area contributed by atoms with E-state index in [0.29, 0.717) is 17.8 Å². The van der Waals surface area contributed by atoms with Crippen LogP contribution in [0.25, 0.3) is 0 Å². The summed E-state index contributed by atoms with van der Waals surface area (Å²) in [4.78, 5) is 11.8. The van der Waals surface area contributed by atoms with Gasteiger partial charge in [0.15, 0.2) is 0 Å². The second kappa shape index (κ2) is 4.90. The number of nitrogen functional groups attached to an aromatic ring is 1. The lowest BCUT2D eigenvalue weighted by Gasteiger charge is -2.44. The van der Waals surface area contributed by atoms with Gasteiger partial charge in [0.05, 0.1) is 0 Å². The number of nitrogens with two attached hydrogens (primary N) is 1. The highest BCUT2D eigenvalue weighted by molar-refractivity contribution is 5.49. The number of anilines is 2. The third-order valence-corrected chi connectivity index (χ3v) is 5.23. The lowest BCUT2D eigenvalue weighted by molar-refractivity contribution is 0.242. The Bertz CT molecular complexity index is 495. The minimum atomic E-state index is 0.573. The minimum Gasteiger partial charge on any atom is -0.384 e. The summed E-state index contributed by atoms with van der Waals surface area (Å²) in [7, 11) is 0. The summed E-state index contributed by atoms with van der Waals surface area (Å²) >= 11 is 0. The van der Waals surface area contributed by atoms with E-state index in [4.69, 9.17) is 10.7 Å². The molecule has 0 amide bonds. The fourth-order valence-corrected chi connectivity index (χ4v) is 4.05. The van der Waals surface area contributed by atoms with E-state index in [1.54, 1.807) is 0 Å². The molecule has 108 valence electrons. The number of aromatic nitrogens is 2. The van der Waals surface area contributed by atoms with E-state index in [-0.39, 0.29) is 0 Å². The summed E-state index contributed by atoms with van der Waals surface area (Å²) in [5.41, 5.74) is 6.02. The van der Waals surface area contributed by atoms with E-state index in [0.717, 1.165) is 24.1 Å². The van der Waals surface area contributed by atoms with Crippen molar-refractivity contribution in [3.05, 3.63) is 11.9 Å². The van der Waals surface area contributed by atoms with E-state index in [2.05, 4.69) is 9.88 Å². The Balaban J connectivity index is 1.64. The molecule has 1 aliphatic heterocycles. The van der Waals surface area contributed by atoms with Gasteiger partial charge in [0.25, 0.3) is 0 Å². The van der Waals surface area contributed by atoms with Crippen molar-refractivity contribution in [1.29, 1.82) is 0 Å². The van der Waals surface area contributed by atoms with Gasteiger partial charge in [-0.2, -0.15) is 0 Å². The Morgan fingerprint density at radius 2 is 1.80 bits per heavy atom. The predicted molar refractivity (Wildman–Crippen MR) is 80.7 cm³/mol. The maximum atomic E-state index is 6.02. The number of rotatable bonds is 2. The largest absolute Gasteiger partial charge is 0.384 e. The van der Waals surface area contributed by atoms with E-state index < -0.39 is 0 Å². The first-order valence-corrected chi connectivity index (χ1v) is 8.22. The molecule has 0 radical (unpaired) electrons. The van der Waals surface area contributed by atoms with Crippen molar-refractivity contribution >= 4 is 11.6 Å². The van der Waals surface area contributed by atoms with Gasteiger partial charge in [-0.15, -0.1) is 0 Å². The Morgan fingerprint density at radius 1 is 1.00 bits per heavy atom. The van der Waals surface area contributed by atoms with E-state index in [1.165, 1.54) is 51.4 Å². The molecule has 2 saturated carbocycles. The summed E-state index contributed by atoms with van der Waals surface area (Å²) in [6.07, 6.45) is 10.7. The third-order valence-electron chi connectivity index (χ3n) is 5.23. The first-order valence-electron chi connectivity index (χ1n) is 8.22. The van der Waals surface area contributed by atoms with E-state index >= 15 is 0 Å². The highest BCUT2D eigenvalue weighted by Crippen LogP contribution is 2.41. The second-order valence-corrected chi connectivity index (χ2v) is 6.73. The zero-order valence-electron chi connectivity index (χ0n) is 12.1. The normalized spacial score (nSPS) is 30.1. The SMILES string of the molecule is Nc1cc(N2CCCC3CCCCC32)nc(C2CC2)n1. The summed E-state index contributed by atoms with van der Waals surface area (Å²) < 4.78 is 0. The molecule has 1 saturated heterocycles. The summed E-state index contributed by atoms with van der Waals surface area (Å²) in [6.45, 7) is 1.14. The molecule has 4 rings (SSSR count). The number of piperidine rings is 1. The molecule has 0 bridgehead atoms. The van der Waals surface area contributed by atoms with Gasteiger partial charge in [-0.3, -0.25) is 0 Å². The molecule has 2 unspecified atom stereocenters. The van der Waals surface area contributed by atoms with Gasteiger partial charge >= 0.3 is 0 Å². The number of fused-ring (bicyclic) bond motifs is 1. The highest BCUT2D eigenvalue weighted by atomic mass is 15.2. The number of hydrogen-bond acceptors (Lipinski definition) is 4. The fraction of sp³-hybridized carbons (Fsp3) is 0.750. The topological polar surface area (TPSA) is 55.0 Å². The predicted octanol–water partition coefficient (Wildman–Crippen LogP) is 3.10. The monoisotopic (exact) mass is 272 g/mol. The molecule has 0 spiro atoms. The molecular formula is C16H24N4. The van der Waals surface area contributed by atoms with Gasteiger partial charge in [0, 0.05) is 24.6 Å². The zero-order valence-corrected chi connectivity index (χ0v) is 12.1. The Labute approximate surface area is 120 Å². The van der Waals surface area contributed by atoms with Gasteiger partial charge in [0.2, 0.25) is 0 Å². The molecular weight excluding hydrogens is 248 g/mol. The fourth-order valence-electron chi connectivity index (χ4n) is 4.05. The van der Waals surface area contributed by atoms with Gasteiger partial charge < -0.3 is 10.6 Å². The molecule has 2 N–H and O–H groups in total. The van der Waals surface area contributed by atoms with Gasteiger partial charge in [-0.05, 0) is 44.4 Å². The van der Waals surface area contributed by atoms with Crippen molar-refractivity contribution in [3.8, 4) is 0 Å². The van der Waals surface area contributed by atoms with Crippen LogP contribution in [0.5, 0.6) is 0 Å². The summed E-state index contributed by atoms with van der Waals surface area (Å²) in [6, 6.07) is 2.68. The molecule has 2 atom stereocenters. The van der Waals surface area contributed by atoms with E-state index in [9.17, 15) is 0 Å². The van der Waals surface area contributed by atoms with Crippen LogP contribution in [0.4, 0.5) is 11.6 Å². The van der Waals surface area contributed by atoms with Crippen molar-refractivity contribution in [2.24, 2.45) is 5.92 Å². The van der Waals surface area contributed by atoms with Crippen LogP contribution in [-0.4, -0.2) is 22.6 Å². The number of hydrogen-bond donors (Lipinski definition) is 1. The van der Waals surface area contributed by atoms with Crippen LogP contribution in [-0.2, 0) is 0 Å². The molecule has 2 heterocycles. The van der Waals surface area contributed by atoms with Gasteiger partial charge in [-0.1, -0.05) is 12.8 Å². The first-order chi connectivity index (χ1) is 9.81. The Morgan fingerprint density at radius 3 is 2.65 bits per heavy atom. The standard InChI is InChI=1S/C16H24N4/c17-14-10-15(19-16(18-14)12-7-8-12)20-9-3-5-11-4-1-2-6-13(11)20/h10-13H,1-9H2,(H2,17,18,19). The molecule has 1 aromatic rings. The highest BCUT2D eigenvalue weighted by Gasteiger charge is 2.35. The molecule has 1 aromatic heterocycles. The van der Waals surface area contributed by atoms with Crippen LogP contribution in [0.15, 0.2) is 6.07 Å². The molecule has 3 fully saturated rings. The second-order valence-electron chi connectivity index (χ2n) is 6.73. The summed E-state index contributed by atoms with van der Waals surface area (Å²) in [5.74, 6) is 4.17. The molecule has 3 aliphatic rings. The van der Waals surface area contributed by atoms with Crippen LogP contribution in [0, 0.1) is 5.92 Å². The molecule has 0 aromatic carbocycles. The molecule has 4 heteroatoms. The van der Waals surface area contributed by atoms with Crippen molar-refractivity contribution in [3.63, 3.8) is 0 Å². The zero-order chi connectivity index (χ0) is 13.5. The van der Waals surface area contributed by atoms with Crippen molar-refractivity contribution in [1.82, 2.24) is 9.97 Å².